The number of ether oxygens (including phenoxy) is 1. The normalized spacial score (nSPS) is 14.5. The molecule has 3 heterocycles. The maximum absolute atomic E-state index is 13.3. The quantitative estimate of drug-likeness (QED) is 0.491. The van der Waals surface area contributed by atoms with Gasteiger partial charge in [-0.1, -0.05) is 18.2 Å². The SMILES string of the molecule is COc1ccc(N2CCC(NC(=O)c3cc(-c4ccco4)nc4ccccc34)CC2)cc1. The van der Waals surface area contributed by atoms with Crippen molar-refractivity contribution in [3.8, 4) is 17.2 Å². The number of pyridine rings is 1. The highest BCUT2D eigenvalue weighted by Gasteiger charge is 2.23. The summed E-state index contributed by atoms with van der Waals surface area (Å²) in [6.45, 7) is 1.79. The van der Waals surface area contributed by atoms with Gasteiger partial charge in [0, 0.05) is 30.2 Å². The number of fused-ring (bicyclic) bond motifs is 1. The molecular weight excluding hydrogens is 402 g/mol. The number of hydrogen-bond donors (Lipinski definition) is 1. The van der Waals surface area contributed by atoms with E-state index in [0.717, 1.165) is 42.6 Å². The maximum atomic E-state index is 13.3. The molecule has 1 aliphatic heterocycles. The first-order chi connectivity index (χ1) is 15.7. The zero-order valence-electron chi connectivity index (χ0n) is 18.0. The summed E-state index contributed by atoms with van der Waals surface area (Å²) in [5, 5.41) is 4.09. The van der Waals surface area contributed by atoms with E-state index in [1.165, 1.54) is 5.69 Å². The van der Waals surface area contributed by atoms with Gasteiger partial charge in [-0.2, -0.15) is 0 Å². The van der Waals surface area contributed by atoms with Gasteiger partial charge in [-0.3, -0.25) is 4.79 Å². The molecule has 32 heavy (non-hydrogen) atoms. The van der Waals surface area contributed by atoms with E-state index in [1.807, 2.05) is 54.6 Å². The molecule has 0 spiro atoms. The van der Waals surface area contributed by atoms with Crippen molar-refractivity contribution in [2.45, 2.75) is 18.9 Å². The number of anilines is 1. The number of amides is 1. The summed E-state index contributed by atoms with van der Waals surface area (Å²) in [6.07, 6.45) is 3.40. The number of benzene rings is 2. The Morgan fingerprint density at radius 1 is 1.06 bits per heavy atom. The fraction of sp³-hybridized carbons (Fsp3) is 0.231. The van der Waals surface area contributed by atoms with Gasteiger partial charge in [0.1, 0.15) is 11.4 Å². The van der Waals surface area contributed by atoms with Crippen LogP contribution in [0.3, 0.4) is 0 Å². The van der Waals surface area contributed by atoms with Crippen molar-refractivity contribution >= 4 is 22.5 Å². The fourth-order valence-corrected chi connectivity index (χ4v) is 4.25. The van der Waals surface area contributed by atoms with Crippen LogP contribution in [0.5, 0.6) is 5.75 Å². The lowest BCUT2D eigenvalue weighted by atomic mass is 10.0. The van der Waals surface area contributed by atoms with E-state index >= 15 is 0 Å². The number of nitrogens with zero attached hydrogens (tertiary/aromatic N) is 2. The molecule has 0 radical (unpaired) electrons. The van der Waals surface area contributed by atoms with Gasteiger partial charge < -0.3 is 19.4 Å². The first kappa shape index (κ1) is 20.1. The Bertz CT molecular complexity index is 1210. The molecule has 6 nitrogen and oxygen atoms in total. The molecule has 1 fully saturated rings. The summed E-state index contributed by atoms with van der Waals surface area (Å²) in [5.41, 5.74) is 3.24. The number of carbonyl (C=O) groups is 1. The summed E-state index contributed by atoms with van der Waals surface area (Å²) in [6, 6.07) is 21.5. The Morgan fingerprint density at radius 3 is 2.56 bits per heavy atom. The average molecular weight is 428 g/mol. The molecule has 0 unspecified atom stereocenters. The maximum Gasteiger partial charge on any atom is 0.252 e. The lowest BCUT2D eigenvalue weighted by Crippen LogP contribution is -2.44. The van der Waals surface area contributed by atoms with Gasteiger partial charge in [-0.05, 0) is 61.4 Å². The second-order valence-corrected chi connectivity index (χ2v) is 7.98. The molecule has 0 saturated carbocycles. The number of carbonyl (C=O) groups excluding carboxylic acids is 1. The molecule has 5 rings (SSSR count). The van der Waals surface area contributed by atoms with Crippen LogP contribution in [-0.2, 0) is 0 Å². The van der Waals surface area contributed by atoms with Crippen molar-refractivity contribution in [1.29, 1.82) is 0 Å². The lowest BCUT2D eigenvalue weighted by molar-refractivity contribution is 0.0932. The average Bonchev–Trinajstić information content (AvgIpc) is 3.39. The molecule has 1 saturated heterocycles. The van der Waals surface area contributed by atoms with Crippen LogP contribution in [0, 0.1) is 0 Å². The number of hydrogen-bond acceptors (Lipinski definition) is 5. The minimum atomic E-state index is -0.0701. The molecule has 1 aliphatic rings. The van der Waals surface area contributed by atoms with Gasteiger partial charge in [0.25, 0.3) is 5.91 Å². The van der Waals surface area contributed by atoms with Gasteiger partial charge in [0.2, 0.25) is 0 Å². The Balaban J connectivity index is 1.31. The molecule has 2 aromatic carbocycles. The second-order valence-electron chi connectivity index (χ2n) is 7.98. The van der Waals surface area contributed by atoms with E-state index in [1.54, 1.807) is 13.4 Å². The smallest absolute Gasteiger partial charge is 0.252 e. The summed E-state index contributed by atoms with van der Waals surface area (Å²) >= 11 is 0. The standard InChI is InChI=1S/C26H25N3O3/c1-31-20-10-8-19(9-11-20)29-14-12-18(13-15-29)27-26(30)22-17-24(25-7-4-16-32-25)28-23-6-3-2-5-21(22)23/h2-11,16-18H,12-15H2,1H3,(H,27,30). The minimum absolute atomic E-state index is 0.0701. The molecule has 1 N–H and O–H groups in total. The monoisotopic (exact) mass is 427 g/mol. The van der Waals surface area contributed by atoms with Crippen molar-refractivity contribution in [3.63, 3.8) is 0 Å². The summed E-state index contributed by atoms with van der Waals surface area (Å²) in [4.78, 5) is 20.3. The predicted octanol–water partition coefficient (Wildman–Crippen LogP) is 4.90. The largest absolute Gasteiger partial charge is 0.497 e. The molecule has 0 aliphatic carbocycles. The van der Waals surface area contributed by atoms with Crippen LogP contribution in [0.15, 0.2) is 77.4 Å². The molecule has 0 bridgehead atoms. The van der Waals surface area contributed by atoms with Gasteiger partial charge in [0.05, 0.1) is 24.5 Å². The van der Waals surface area contributed by atoms with E-state index in [4.69, 9.17) is 9.15 Å². The van der Waals surface area contributed by atoms with Crippen molar-refractivity contribution in [1.82, 2.24) is 10.3 Å². The van der Waals surface area contributed by atoms with Crippen molar-refractivity contribution in [3.05, 3.63) is 78.6 Å². The number of rotatable bonds is 5. The number of aromatic nitrogens is 1. The van der Waals surface area contributed by atoms with Gasteiger partial charge >= 0.3 is 0 Å². The zero-order valence-corrected chi connectivity index (χ0v) is 18.0. The topological polar surface area (TPSA) is 67.6 Å². The van der Waals surface area contributed by atoms with E-state index in [0.29, 0.717) is 17.0 Å². The Kier molecular flexibility index (Phi) is 5.50. The third-order valence-electron chi connectivity index (χ3n) is 6.00. The van der Waals surface area contributed by atoms with Crippen LogP contribution in [0.4, 0.5) is 5.69 Å². The molecule has 1 amide bonds. The third-order valence-corrected chi connectivity index (χ3v) is 6.00. The van der Waals surface area contributed by atoms with Crippen LogP contribution < -0.4 is 15.0 Å². The molecule has 162 valence electrons. The molecule has 4 aromatic rings. The van der Waals surface area contributed by atoms with E-state index in [9.17, 15) is 4.79 Å². The lowest BCUT2D eigenvalue weighted by Gasteiger charge is -2.34. The summed E-state index contributed by atoms with van der Waals surface area (Å²) in [7, 11) is 1.67. The van der Waals surface area contributed by atoms with Crippen molar-refractivity contribution in [2.75, 3.05) is 25.1 Å². The van der Waals surface area contributed by atoms with E-state index in [2.05, 4.69) is 27.3 Å². The minimum Gasteiger partial charge on any atom is -0.497 e. The highest BCUT2D eigenvalue weighted by Crippen LogP contribution is 2.26. The Labute approximate surface area is 186 Å². The Hall–Kier alpha value is -3.80. The highest BCUT2D eigenvalue weighted by atomic mass is 16.5. The number of furan rings is 1. The van der Waals surface area contributed by atoms with Crippen LogP contribution in [0.2, 0.25) is 0 Å². The Morgan fingerprint density at radius 2 is 1.84 bits per heavy atom. The second kappa shape index (κ2) is 8.75. The molecular formula is C26H25N3O3. The van der Waals surface area contributed by atoms with Gasteiger partial charge in [0.15, 0.2) is 5.76 Å². The van der Waals surface area contributed by atoms with Crippen LogP contribution >= 0.6 is 0 Å². The van der Waals surface area contributed by atoms with Crippen molar-refractivity contribution < 1.29 is 13.9 Å². The molecule has 0 atom stereocenters. The first-order valence-corrected chi connectivity index (χ1v) is 10.8. The van der Waals surface area contributed by atoms with E-state index in [-0.39, 0.29) is 11.9 Å². The van der Waals surface area contributed by atoms with E-state index < -0.39 is 0 Å². The zero-order chi connectivity index (χ0) is 21.9. The summed E-state index contributed by atoms with van der Waals surface area (Å²) in [5.74, 6) is 1.44. The van der Waals surface area contributed by atoms with Gasteiger partial charge in [-0.25, -0.2) is 4.98 Å². The fourth-order valence-electron chi connectivity index (χ4n) is 4.25. The molecule has 2 aromatic heterocycles. The van der Waals surface area contributed by atoms with Crippen LogP contribution in [0.25, 0.3) is 22.4 Å². The highest BCUT2D eigenvalue weighted by molar-refractivity contribution is 6.07. The third kappa shape index (κ3) is 4.04. The summed E-state index contributed by atoms with van der Waals surface area (Å²) < 4.78 is 10.8. The van der Waals surface area contributed by atoms with Gasteiger partial charge in [-0.15, -0.1) is 0 Å². The predicted molar refractivity (Wildman–Crippen MR) is 125 cm³/mol. The first-order valence-electron chi connectivity index (χ1n) is 10.8. The van der Waals surface area contributed by atoms with Crippen LogP contribution in [0.1, 0.15) is 23.2 Å². The molecule has 6 heteroatoms. The number of nitrogens with one attached hydrogen (secondary N) is 1. The number of piperidine rings is 1. The number of para-hydroxylation sites is 1. The number of methoxy groups -OCH3 is 1. The van der Waals surface area contributed by atoms with Crippen LogP contribution in [-0.4, -0.2) is 37.1 Å². The van der Waals surface area contributed by atoms with Crippen molar-refractivity contribution in [2.24, 2.45) is 0 Å².